The van der Waals surface area contributed by atoms with Crippen molar-refractivity contribution in [1.29, 1.82) is 0 Å². The summed E-state index contributed by atoms with van der Waals surface area (Å²) in [6.45, 7) is 13.3. The summed E-state index contributed by atoms with van der Waals surface area (Å²) < 4.78 is 11.6. The first-order chi connectivity index (χ1) is 18.8. The zero-order valence-electron chi connectivity index (χ0n) is 23.2. The molecule has 3 aromatic carbocycles. The Hall–Kier alpha value is -3.88. The third kappa shape index (κ3) is 6.08. The molecule has 4 aromatic rings. The van der Waals surface area contributed by atoms with Gasteiger partial charge < -0.3 is 14.8 Å². The number of nitrogens with one attached hydrogen (secondary N) is 2. The quantitative estimate of drug-likeness (QED) is 0.297. The molecule has 0 atom stereocenters. The molecule has 1 fully saturated rings. The molecule has 1 aromatic heterocycles. The van der Waals surface area contributed by atoms with Gasteiger partial charge in [-0.05, 0) is 41.7 Å². The molecule has 8 heteroatoms. The maximum Gasteiger partial charge on any atom is 0.332 e. The summed E-state index contributed by atoms with van der Waals surface area (Å²) in [7, 11) is 0. The number of fused-ring (bicyclic) bond motifs is 1. The number of carbonyl (C=O) groups excluding carboxylic acids is 1. The number of H-pyrrole nitrogens is 1. The second-order valence-electron chi connectivity index (χ2n) is 10.9. The van der Waals surface area contributed by atoms with E-state index < -0.39 is 0 Å². The molecule has 204 valence electrons. The van der Waals surface area contributed by atoms with Crippen LogP contribution in [0.4, 0.5) is 22.0 Å². The number of benzene rings is 3. The van der Waals surface area contributed by atoms with Crippen molar-refractivity contribution in [2.45, 2.75) is 33.1 Å². The lowest BCUT2D eigenvalue weighted by atomic mass is 9.86. The van der Waals surface area contributed by atoms with Crippen molar-refractivity contribution in [2.24, 2.45) is 0 Å². The number of morpholine rings is 1. The summed E-state index contributed by atoms with van der Waals surface area (Å²) in [5.41, 5.74) is 3.58. The highest BCUT2D eigenvalue weighted by molar-refractivity contribution is 6.11. The molecule has 8 nitrogen and oxygen atoms in total. The fourth-order valence-corrected chi connectivity index (χ4v) is 4.83. The molecule has 0 aliphatic carbocycles. The molecule has 0 bridgehead atoms. The molecule has 0 radical (unpaired) electrons. The zero-order valence-corrected chi connectivity index (χ0v) is 23.2. The predicted molar refractivity (Wildman–Crippen MR) is 156 cm³/mol. The van der Waals surface area contributed by atoms with E-state index in [-0.39, 0.29) is 11.4 Å². The number of nitrogens with zero attached hydrogens (tertiary/aromatic N) is 3. The Morgan fingerprint density at radius 2 is 1.85 bits per heavy atom. The van der Waals surface area contributed by atoms with Gasteiger partial charge in [0.05, 0.1) is 30.8 Å². The SMILES string of the molecule is Cc1ccc(C(C)(C)C)cc1N(C(=O)Nc1ccc(OCCN2CCOCC2)c2ccccc12)c1ccn[nH]1. The van der Waals surface area contributed by atoms with Crippen molar-refractivity contribution in [2.75, 3.05) is 49.7 Å². The summed E-state index contributed by atoms with van der Waals surface area (Å²) in [5, 5.41) is 12.1. The minimum Gasteiger partial charge on any atom is -0.492 e. The Bertz CT molecular complexity index is 1420. The highest BCUT2D eigenvalue weighted by Crippen LogP contribution is 2.35. The molecule has 0 spiro atoms. The number of carbonyl (C=O) groups is 1. The van der Waals surface area contributed by atoms with E-state index in [0.717, 1.165) is 66.2 Å². The molecule has 0 saturated carbocycles. The molecule has 5 rings (SSSR count). The molecule has 1 saturated heterocycles. The molecule has 2 amide bonds. The standard InChI is InChI=1S/C31H37N5O3/c1-22-9-10-23(31(2,3)4)21-27(22)36(29-13-14-32-34-29)30(37)33-26-11-12-28(25-8-6-5-7-24(25)26)39-20-17-35-15-18-38-19-16-35/h5-14,21H,15-20H2,1-4H3,(H,32,34)(H,33,37). The van der Waals surface area contributed by atoms with Gasteiger partial charge in [0, 0.05) is 36.5 Å². The van der Waals surface area contributed by atoms with Crippen LogP contribution in [0, 0.1) is 6.92 Å². The molecular formula is C31H37N5O3. The first-order valence-corrected chi connectivity index (χ1v) is 13.5. The van der Waals surface area contributed by atoms with Crippen LogP contribution >= 0.6 is 0 Å². The second-order valence-corrected chi connectivity index (χ2v) is 10.9. The van der Waals surface area contributed by atoms with Crippen LogP contribution < -0.4 is 15.0 Å². The Labute approximate surface area is 229 Å². The number of rotatable bonds is 7. The van der Waals surface area contributed by atoms with Crippen LogP contribution in [0.1, 0.15) is 31.9 Å². The van der Waals surface area contributed by atoms with Gasteiger partial charge in [0.15, 0.2) is 0 Å². The number of anilines is 3. The average Bonchev–Trinajstić information content (AvgIpc) is 3.45. The zero-order chi connectivity index (χ0) is 27.4. The molecule has 2 heterocycles. The predicted octanol–water partition coefficient (Wildman–Crippen LogP) is 6.25. The number of aromatic nitrogens is 2. The lowest BCUT2D eigenvalue weighted by Crippen LogP contribution is -2.38. The van der Waals surface area contributed by atoms with Crippen molar-refractivity contribution in [1.82, 2.24) is 15.1 Å². The summed E-state index contributed by atoms with van der Waals surface area (Å²) in [4.78, 5) is 17.9. The van der Waals surface area contributed by atoms with Crippen molar-refractivity contribution >= 4 is 34.0 Å². The van der Waals surface area contributed by atoms with Gasteiger partial charge >= 0.3 is 6.03 Å². The lowest BCUT2D eigenvalue weighted by Gasteiger charge is -2.27. The van der Waals surface area contributed by atoms with E-state index in [9.17, 15) is 4.79 Å². The fourth-order valence-electron chi connectivity index (χ4n) is 4.83. The third-order valence-corrected chi connectivity index (χ3v) is 7.14. The normalized spacial score (nSPS) is 14.4. The van der Waals surface area contributed by atoms with Crippen molar-refractivity contribution in [3.05, 3.63) is 78.0 Å². The van der Waals surface area contributed by atoms with E-state index in [1.165, 1.54) is 0 Å². The number of hydrogen-bond donors (Lipinski definition) is 2. The van der Waals surface area contributed by atoms with Crippen LogP contribution in [0.3, 0.4) is 0 Å². The van der Waals surface area contributed by atoms with Crippen molar-refractivity contribution in [3.8, 4) is 5.75 Å². The van der Waals surface area contributed by atoms with Crippen molar-refractivity contribution in [3.63, 3.8) is 0 Å². The molecule has 2 N–H and O–H groups in total. The van der Waals surface area contributed by atoms with E-state index in [4.69, 9.17) is 9.47 Å². The van der Waals surface area contributed by atoms with Gasteiger partial charge in [0.25, 0.3) is 0 Å². The monoisotopic (exact) mass is 527 g/mol. The summed E-state index contributed by atoms with van der Waals surface area (Å²) in [5.74, 6) is 1.39. The van der Waals surface area contributed by atoms with Gasteiger partial charge in [0.1, 0.15) is 18.2 Å². The van der Waals surface area contributed by atoms with E-state index >= 15 is 0 Å². The Morgan fingerprint density at radius 3 is 2.56 bits per heavy atom. The van der Waals surface area contributed by atoms with E-state index in [2.05, 4.69) is 59.4 Å². The smallest absolute Gasteiger partial charge is 0.332 e. The van der Waals surface area contributed by atoms with E-state index in [1.807, 2.05) is 43.3 Å². The van der Waals surface area contributed by atoms with Crippen LogP contribution in [0.2, 0.25) is 0 Å². The maximum atomic E-state index is 13.9. The highest BCUT2D eigenvalue weighted by atomic mass is 16.5. The van der Waals surface area contributed by atoms with Gasteiger partial charge in [-0.3, -0.25) is 10.00 Å². The molecule has 39 heavy (non-hydrogen) atoms. The Morgan fingerprint density at radius 1 is 1.08 bits per heavy atom. The highest BCUT2D eigenvalue weighted by Gasteiger charge is 2.24. The van der Waals surface area contributed by atoms with Crippen LogP contribution in [-0.4, -0.2) is 60.6 Å². The minimum absolute atomic E-state index is 0.0631. The topological polar surface area (TPSA) is 82.7 Å². The first kappa shape index (κ1) is 26.7. The Kier molecular flexibility index (Phi) is 7.86. The number of aromatic amines is 1. The fraction of sp³-hybridized carbons (Fsp3) is 0.355. The van der Waals surface area contributed by atoms with E-state index in [0.29, 0.717) is 18.1 Å². The number of aryl methyl sites for hydroxylation is 1. The van der Waals surface area contributed by atoms with Gasteiger partial charge in [-0.25, -0.2) is 9.69 Å². The molecule has 1 aliphatic rings. The number of amides is 2. The molecular weight excluding hydrogens is 490 g/mol. The summed E-state index contributed by atoms with van der Waals surface area (Å²) >= 11 is 0. The average molecular weight is 528 g/mol. The second kappa shape index (κ2) is 11.5. The Balaban J connectivity index is 1.42. The number of ether oxygens (including phenoxy) is 2. The van der Waals surface area contributed by atoms with Crippen LogP contribution in [0.5, 0.6) is 5.75 Å². The van der Waals surface area contributed by atoms with Gasteiger partial charge in [-0.2, -0.15) is 5.10 Å². The lowest BCUT2D eigenvalue weighted by molar-refractivity contribution is 0.0323. The van der Waals surface area contributed by atoms with Crippen LogP contribution in [0.15, 0.2) is 66.9 Å². The number of hydrogen-bond acceptors (Lipinski definition) is 5. The first-order valence-electron chi connectivity index (χ1n) is 13.5. The molecule has 1 aliphatic heterocycles. The van der Waals surface area contributed by atoms with E-state index in [1.54, 1.807) is 17.2 Å². The largest absolute Gasteiger partial charge is 0.492 e. The number of urea groups is 1. The third-order valence-electron chi connectivity index (χ3n) is 7.14. The molecule has 0 unspecified atom stereocenters. The summed E-state index contributed by atoms with van der Waals surface area (Å²) in [6.07, 6.45) is 1.65. The van der Waals surface area contributed by atoms with Gasteiger partial charge in [0.2, 0.25) is 0 Å². The van der Waals surface area contributed by atoms with Crippen LogP contribution in [0.25, 0.3) is 10.8 Å². The van der Waals surface area contributed by atoms with Gasteiger partial charge in [-0.1, -0.05) is 57.2 Å². The maximum absolute atomic E-state index is 13.9. The summed E-state index contributed by atoms with van der Waals surface area (Å²) in [6, 6.07) is 19.6. The van der Waals surface area contributed by atoms with Crippen LogP contribution in [-0.2, 0) is 10.2 Å². The van der Waals surface area contributed by atoms with Crippen molar-refractivity contribution < 1.29 is 14.3 Å². The van der Waals surface area contributed by atoms with Gasteiger partial charge in [-0.15, -0.1) is 0 Å². The minimum atomic E-state index is -0.278.